The maximum Gasteiger partial charge on any atom is 0.309 e. The van der Waals surface area contributed by atoms with Crippen molar-refractivity contribution in [2.45, 2.75) is 161 Å². The van der Waals surface area contributed by atoms with Crippen LogP contribution >= 0.6 is 0 Å². The summed E-state index contributed by atoms with van der Waals surface area (Å²) in [6, 6.07) is 2.72. The molecule has 35 heavy (non-hydrogen) atoms. The first kappa shape index (κ1) is 28.5. The Morgan fingerprint density at radius 2 is 1.37 bits per heavy atom. The van der Waals surface area contributed by atoms with Crippen LogP contribution in [0.2, 0.25) is 0 Å². The van der Waals surface area contributed by atoms with Gasteiger partial charge in [0.05, 0.1) is 17.4 Å². The highest BCUT2D eigenvalue weighted by Gasteiger charge is 2.39. The van der Waals surface area contributed by atoms with Crippen LogP contribution in [0, 0.1) is 40.4 Å². The van der Waals surface area contributed by atoms with Crippen molar-refractivity contribution in [2.75, 3.05) is 0 Å². The molecule has 200 valence electrons. The lowest BCUT2D eigenvalue weighted by Crippen LogP contribution is -2.34. The lowest BCUT2D eigenvalue weighted by molar-refractivity contribution is -0.157. The van der Waals surface area contributed by atoms with Crippen LogP contribution in [0.5, 0.6) is 0 Å². The van der Waals surface area contributed by atoms with Crippen molar-refractivity contribution < 1.29 is 9.53 Å². The van der Waals surface area contributed by atoms with Crippen LogP contribution in [0.1, 0.15) is 155 Å². The topological polar surface area (TPSA) is 50.1 Å². The van der Waals surface area contributed by atoms with E-state index in [1.54, 1.807) is 0 Å². The van der Waals surface area contributed by atoms with Gasteiger partial charge in [0.1, 0.15) is 6.10 Å². The molecule has 0 heterocycles. The number of nitrogens with zero attached hydrogens (tertiary/aromatic N) is 1. The summed E-state index contributed by atoms with van der Waals surface area (Å²) in [5.41, 5.74) is -0.0353. The third-order valence-electron chi connectivity index (χ3n) is 10.0. The van der Waals surface area contributed by atoms with Gasteiger partial charge >= 0.3 is 5.97 Å². The van der Waals surface area contributed by atoms with Gasteiger partial charge in [-0.1, -0.05) is 71.6 Å². The monoisotopic (exact) mass is 485 g/mol. The lowest BCUT2D eigenvalue weighted by atomic mass is 9.64. The van der Waals surface area contributed by atoms with Gasteiger partial charge in [0, 0.05) is 0 Å². The summed E-state index contributed by atoms with van der Waals surface area (Å²) in [5.74, 6) is 2.69. The molecular weight excluding hydrogens is 430 g/mol. The van der Waals surface area contributed by atoms with Crippen molar-refractivity contribution in [3.63, 3.8) is 0 Å². The van der Waals surface area contributed by atoms with Crippen LogP contribution < -0.4 is 0 Å². The van der Waals surface area contributed by atoms with E-state index >= 15 is 0 Å². The van der Waals surface area contributed by atoms with E-state index in [1.165, 1.54) is 96.3 Å². The number of unbranched alkanes of at least 4 members (excludes halogenated alkanes) is 6. The smallest absolute Gasteiger partial charge is 0.309 e. The minimum Gasteiger partial charge on any atom is -0.462 e. The molecule has 3 aliphatic rings. The van der Waals surface area contributed by atoms with Gasteiger partial charge in [-0.05, 0) is 101 Å². The normalized spacial score (nSPS) is 33.7. The number of carbonyl (C=O) groups excluding carboxylic acids is 1. The number of hydrogen-bond donors (Lipinski definition) is 0. The number of rotatable bonds is 13. The molecule has 0 amide bonds. The maximum absolute atomic E-state index is 12.8. The number of nitriles is 1. The van der Waals surface area contributed by atoms with E-state index in [9.17, 15) is 10.1 Å². The third-order valence-corrected chi connectivity index (χ3v) is 10.0. The van der Waals surface area contributed by atoms with E-state index in [2.05, 4.69) is 19.9 Å². The Hall–Kier alpha value is -1.04. The minimum absolute atomic E-state index is 0.0353. The van der Waals surface area contributed by atoms with Gasteiger partial charge in [-0.2, -0.15) is 5.26 Å². The summed E-state index contributed by atoms with van der Waals surface area (Å²) >= 11 is 0. The van der Waals surface area contributed by atoms with Crippen LogP contribution in [0.25, 0.3) is 0 Å². The third kappa shape index (κ3) is 9.09. The molecule has 3 aliphatic carbocycles. The van der Waals surface area contributed by atoms with Gasteiger partial charge in [-0.3, -0.25) is 4.79 Å². The molecule has 0 N–H and O–H groups in total. The number of carbonyl (C=O) groups is 1. The second kappa shape index (κ2) is 15.3. The molecule has 0 saturated heterocycles. The van der Waals surface area contributed by atoms with Gasteiger partial charge in [-0.15, -0.1) is 0 Å². The maximum atomic E-state index is 12.8. The predicted molar refractivity (Wildman–Crippen MR) is 145 cm³/mol. The molecule has 0 radical (unpaired) electrons. The average molecular weight is 486 g/mol. The van der Waals surface area contributed by atoms with Crippen LogP contribution in [-0.2, 0) is 9.53 Å². The number of hydrogen-bond acceptors (Lipinski definition) is 3. The molecule has 0 atom stereocenters. The van der Waals surface area contributed by atoms with Crippen molar-refractivity contribution >= 4 is 5.97 Å². The fourth-order valence-electron chi connectivity index (χ4n) is 7.46. The summed E-state index contributed by atoms with van der Waals surface area (Å²) < 4.78 is 6.05. The molecule has 3 rings (SSSR count). The predicted octanol–water partition coefficient (Wildman–Crippen LogP) is 9.54. The minimum atomic E-state index is -0.0353. The van der Waals surface area contributed by atoms with E-state index in [4.69, 9.17) is 4.74 Å². The van der Waals surface area contributed by atoms with Crippen LogP contribution in [-0.4, -0.2) is 12.1 Å². The quantitative estimate of drug-likeness (QED) is 0.193. The van der Waals surface area contributed by atoms with Crippen LogP contribution in [0.3, 0.4) is 0 Å². The first-order valence-corrected chi connectivity index (χ1v) is 15.7. The van der Waals surface area contributed by atoms with E-state index in [0.29, 0.717) is 0 Å². The fraction of sp³-hybridized carbons (Fsp3) is 0.938. The zero-order chi connectivity index (χ0) is 24.9. The molecular formula is C32H55NO2. The van der Waals surface area contributed by atoms with E-state index in [0.717, 1.165) is 62.7 Å². The van der Waals surface area contributed by atoms with Gasteiger partial charge in [0.2, 0.25) is 0 Å². The Morgan fingerprint density at radius 3 is 2.00 bits per heavy atom. The molecule has 3 heteroatoms. The molecule has 0 unspecified atom stereocenters. The second-order valence-electron chi connectivity index (χ2n) is 12.6. The Labute approximate surface area is 217 Å². The Kier molecular flexibility index (Phi) is 12.4. The molecule has 0 aromatic carbocycles. The van der Waals surface area contributed by atoms with E-state index < -0.39 is 0 Å². The molecule has 0 bridgehead atoms. The molecule has 0 aliphatic heterocycles. The van der Waals surface area contributed by atoms with Crippen molar-refractivity contribution in [3.8, 4) is 6.07 Å². The van der Waals surface area contributed by atoms with Gasteiger partial charge in [0.25, 0.3) is 0 Å². The van der Waals surface area contributed by atoms with Gasteiger partial charge in [-0.25, -0.2) is 0 Å². The number of esters is 1. The van der Waals surface area contributed by atoms with Gasteiger partial charge in [0.15, 0.2) is 0 Å². The molecule has 3 saturated carbocycles. The largest absolute Gasteiger partial charge is 0.462 e. The second-order valence-corrected chi connectivity index (χ2v) is 12.6. The summed E-state index contributed by atoms with van der Waals surface area (Å²) in [6.45, 7) is 4.52. The zero-order valence-corrected chi connectivity index (χ0v) is 23.2. The molecule has 3 nitrogen and oxygen atoms in total. The van der Waals surface area contributed by atoms with E-state index in [-0.39, 0.29) is 23.4 Å². The highest BCUT2D eigenvalue weighted by atomic mass is 16.5. The van der Waals surface area contributed by atoms with Crippen molar-refractivity contribution in [1.82, 2.24) is 0 Å². The highest BCUT2D eigenvalue weighted by Crippen LogP contribution is 2.47. The lowest BCUT2D eigenvalue weighted by Gasteiger charge is -2.40. The molecule has 0 spiro atoms. The average Bonchev–Trinajstić information content (AvgIpc) is 2.90. The summed E-state index contributed by atoms with van der Waals surface area (Å²) in [4.78, 5) is 12.8. The summed E-state index contributed by atoms with van der Waals surface area (Å²) in [5, 5.41) is 9.85. The fourth-order valence-corrected chi connectivity index (χ4v) is 7.46. The van der Waals surface area contributed by atoms with E-state index in [1.807, 2.05) is 0 Å². The number of ether oxygens (including phenoxy) is 1. The highest BCUT2D eigenvalue weighted by molar-refractivity contribution is 5.72. The SMILES string of the molecule is CCCCCCCC1CCC(C(=O)OC2CCC(C3CCC(C#N)(CCCCC)CC3)CC2)CC1. The van der Waals surface area contributed by atoms with Crippen molar-refractivity contribution in [1.29, 1.82) is 5.26 Å². The first-order valence-electron chi connectivity index (χ1n) is 15.7. The molecule has 3 fully saturated rings. The summed E-state index contributed by atoms with van der Waals surface area (Å²) in [6.07, 6.45) is 26.9. The summed E-state index contributed by atoms with van der Waals surface area (Å²) in [7, 11) is 0. The first-order chi connectivity index (χ1) is 17.1. The zero-order valence-electron chi connectivity index (χ0n) is 23.2. The van der Waals surface area contributed by atoms with Crippen LogP contribution in [0.4, 0.5) is 0 Å². The molecule has 0 aromatic rings. The van der Waals surface area contributed by atoms with Gasteiger partial charge < -0.3 is 4.74 Å². The van der Waals surface area contributed by atoms with Crippen molar-refractivity contribution in [2.24, 2.45) is 29.1 Å². The molecule has 0 aromatic heterocycles. The Balaban J connectivity index is 1.29. The van der Waals surface area contributed by atoms with Crippen molar-refractivity contribution in [3.05, 3.63) is 0 Å². The van der Waals surface area contributed by atoms with Crippen LogP contribution in [0.15, 0.2) is 0 Å². The Bertz CT molecular complexity index is 628. The Morgan fingerprint density at radius 1 is 0.771 bits per heavy atom. The standard InChI is InChI=1S/C32H55NO2/c1-3-5-7-8-9-11-26-12-14-29(15-13-26)31(34)35-30-18-16-27(17-19-30)28-20-23-32(25-33,24-21-28)22-10-6-4-2/h26-30H,3-24H2,1-2H3.